The maximum atomic E-state index is 13.4. The molecule has 0 aromatic heterocycles. The predicted octanol–water partition coefficient (Wildman–Crippen LogP) is 2.86. The van der Waals surface area contributed by atoms with Crippen LogP contribution in [0.2, 0.25) is 0 Å². The minimum atomic E-state index is -0.822. The summed E-state index contributed by atoms with van der Waals surface area (Å²) >= 11 is 0. The lowest BCUT2D eigenvalue weighted by molar-refractivity contribution is -0.119. The van der Waals surface area contributed by atoms with Gasteiger partial charge in [0.15, 0.2) is 0 Å². The number of hydrogen-bond donors (Lipinski definition) is 1. The number of ether oxygens (including phenoxy) is 1. The summed E-state index contributed by atoms with van der Waals surface area (Å²) in [5.41, 5.74) is 1.27. The first-order chi connectivity index (χ1) is 10.6. The van der Waals surface area contributed by atoms with Gasteiger partial charge in [0.05, 0.1) is 13.0 Å². The Bertz CT molecular complexity index is 643. The first-order valence-corrected chi connectivity index (χ1v) is 6.89. The largest absolute Gasteiger partial charge is 0.449 e. The zero-order valence-electron chi connectivity index (χ0n) is 11.9. The van der Waals surface area contributed by atoms with Gasteiger partial charge >= 0.3 is 6.09 Å². The Hall–Kier alpha value is -2.69. The molecule has 22 heavy (non-hydrogen) atoms. The number of benzene rings is 2. The lowest BCUT2D eigenvalue weighted by Crippen LogP contribution is -2.32. The Kier molecular flexibility index (Phi) is 5.65. The highest BCUT2D eigenvalue weighted by atomic mass is 19.1. The van der Waals surface area contributed by atoms with E-state index in [1.807, 2.05) is 30.3 Å². The van der Waals surface area contributed by atoms with Crippen molar-refractivity contribution in [3.8, 4) is 0 Å². The van der Waals surface area contributed by atoms with Gasteiger partial charge < -0.3 is 4.74 Å². The van der Waals surface area contributed by atoms with Gasteiger partial charge in [0.25, 0.3) is 0 Å². The fourth-order valence-corrected chi connectivity index (χ4v) is 1.92. The molecule has 0 saturated heterocycles. The van der Waals surface area contributed by atoms with Gasteiger partial charge in [-0.3, -0.25) is 10.1 Å². The van der Waals surface area contributed by atoms with E-state index >= 15 is 0 Å². The van der Waals surface area contributed by atoms with Crippen molar-refractivity contribution < 1.29 is 18.7 Å². The van der Waals surface area contributed by atoms with Crippen LogP contribution in [-0.2, 0) is 22.4 Å². The summed E-state index contributed by atoms with van der Waals surface area (Å²) in [5.74, 6) is -1.08. The topological polar surface area (TPSA) is 55.4 Å². The van der Waals surface area contributed by atoms with E-state index in [2.05, 4.69) is 5.32 Å². The highest BCUT2D eigenvalue weighted by molar-refractivity contribution is 5.92. The molecule has 0 unspecified atom stereocenters. The number of nitrogens with one attached hydrogen (secondary N) is 1. The van der Waals surface area contributed by atoms with Gasteiger partial charge in [-0.25, -0.2) is 9.18 Å². The molecule has 2 rings (SSSR count). The summed E-state index contributed by atoms with van der Waals surface area (Å²) in [6, 6.07) is 15.5. The van der Waals surface area contributed by atoms with Crippen LogP contribution in [0.25, 0.3) is 0 Å². The van der Waals surface area contributed by atoms with Crippen LogP contribution in [0.3, 0.4) is 0 Å². The van der Waals surface area contributed by atoms with Crippen molar-refractivity contribution in [3.05, 3.63) is 71.5 Å². The Morgan fingerprint density at radius 3 is 2.41 bits per heavy atom. The van der Waals surface area contributed by atoms with Crippen molar-refractivity contribution in [2.24, 2.45) is 0 Å². The molecule has 0 heterocycles. The van der Waals surface area contributed by atoms with Crippen LogP contribution in [0, 0.1) is 5.82 Å². The number of imide groups is 1. The second-order valence-corrected chi connectivity index (χ2v) is 4.69. The summed E-state index contributed by atoms with van der Waals surface area (Å²) in [4.78, 5) is 23.1. The number of carbonyl (C=O) groups is 2. The first-order valence-electron chi connectivity index (χ1n) is 6.89. The van der Waals surface area contributed by atoms with Crippen LogP contribution in [0.5, 0.6) is 0 Å². The van der Waals surface area contributed by atoms with Crippen molar-refractivity contribution >= 4 is 12.0 Å². The molecule has 2 aromatic carbocycles. The number of carbonyl (C=O) groups excluding carboxylic acids is 2. The number of rotatable bonds is 5. The van der Waals surface area contributed by atoms with Crippen LogP contribution in [0.4, 0.5) is 9.18 Å². The molecular weight excluding hydrogens is 285 g/mol. The van der Waals surface area contributed by atoms with E-state index in [1.54, 1.807) is 6.07 Å². The maximum absolute atomic E-state index is 13.4. The Morgan fingerprint density at radius 2 is 1.68 bits per heavy atom. The Morgan fingerprint density at radius 1 is 1.00 bits per heavy atom. The fraction of sp³-hybridized carbons (Fsp3) is 0.176. The van der Waals surface area contributed by atoms with Gasteiger partial charge in [-0.15, -0.1) is 0 Å². The number of alkyl carbamates (subject to hydrolysis) is 1. The van der Waals surface area contributed by atoms with Crippen LogP contribution in [-0.4, -0.2) is 18.6 Å². The molecule has 0 aliphatic rings. The third kappa shape index (κ3) is 5.01. The van der Waals surface area contributed by atoms with Crippen LogP contribution >= 0.6 is 0 Å². The van der Waals surface area contributed by atoms with Crippen molar-refractivity contribution in [3.63, 3.8) is 0 Å². The van der Waals surface area contributed by atoms with Gasteiger partial charge in [0.1, 0.15) is 5.82 Å². The van der Waals surface area contributed by atoms with Gasteiger partial charge in [-0.1, -0.05) is 48.5 Å². The molecule has 2 aromatic rings. The number of halogens is 1. The van der Waals surface area contributed by atoms with Gasteiger partial charge in [-0.05, 0) is 17.2 Å². The highest BCUT2D eigenvalue weighted by Gasteiger charge is 2.11. The van der Waals surface area contributed by atoms with E-state index in [9.17, 15) is 14.0 Å². The molecular formula is C17H16FNO3. The number of amides is 2. The van der Waals surface area contributed by atoms with Gasteiger partial charge in [0.2, 0.25) is 5.91 Å². The van der Waals surface area contributed by atoms with E-state index in [0.29, 0.717) is 6.42 Å². The first kappa shape index (κ1) is 15.7. The SMILES string of the molecule is O=C(Cc1ccccc1F)NC(=O)OCCc1ccccc1. The predicted molar refractivity (Wildman–Crippen MR) is 79.7 cm³/mol. The molecule has 0 radical (unpaired) electrons. The summed E-state index contributed by atoms with van der Waals surface area (Å²) in [5, 5.41) is 2.08. The van der Waals surface area contributed by atoms with Crippen molar-refractivity contribution in [2.45, 2.75) is 12.8 Å². The molecule has 0 bridgehead atoms. The van der Waals surface area contributed by atoms with E-state index in [-0.39, 0.29) is 18.6 Å². The molecule has 0 spiro atoms. The molecule has 114 valence electrons. The van der Waals surface area contributed by atoms with Crippen LogP contribution in [0.1, 0.15) is 11.1 Å². The molecule has 5 heteroatoms. The minimum absolute atomic E-state index is 0.169. The molecule has 0 aliphatic heterocycles. The average molecular weight is 301 g/mol. The molecule has 0 aliphatic carbocycles. The van der Waals surface area contributed by atoms with Crippen molar-refractivity contribution in [1.29, 1.82) is 0 Å². The lowest BCUT2D eigenvalue weighted by Gasteiger charge is -2.07. The molecule has 0 fully saturated rings. The van der Waals surface area contributed by atoms with Crippen LogP contribution < -0.4 is 5.32 Å². The Balaban J connectivity index is 1.72. The van der Waals surface area contributed by atoms with Crippen LogP contribution in [0.15, 0.2) is 54.6 Å². The zero-order chi connectivity index (χ0) is 15.8. The summed E-state index contributed by atoms with van der Waals surface area (Å²) in [7, 11) is 0. The third-order valence-electron chi connectivity index (χ3n) is 3.02. The van der Waals surface area contributed by atoms with E-state index in [1.165, 1.54) is 18.2 Å². The third-order valence-corrected chi connectivity index (χ3v) is 3.02. The summed E-state index contributed by atoms with van der Waals surface area (Å²) in [6.45, 7) is 0.169. The standard InChI is InChI=1S/C17H16FNO3/c18-15-9-5-4-8-14(15)12-16(20)19-17(21)22-11-10-13-6-2-1-3-7-13/h1-9H,10-12H2,(H,19,20,21). The molecule has 4 nitrogen and oxygen atoms in total. The second kappa shape index (κ2) is 7.93. The highest BCUT2D eigenvalue weighted by Crippen LogP contribution is 2.06. The van der Waals surface area contributed by atoms with E-state index in [0.717, 1.165) is 5.56 Å². The molecule has 0 saturated carbocycles. The van der Waals surface area contributed by atoms with Crippen molar-refractivity contribution in [1.82, 2.24) is 5.32 Å². The molecule has 0 atom stereocenters. The van der Waals surface area contributed by atoms with Gasteiger partial charge in [-0.2, -0.15) is 0 Å². The minimum Gasteiger partial charge on any atom is -0.449 e. The van der Waals surface area contributed by atoms with Gasteiger partial charge in [0, 0.05) is 6.42 Å². The molecule has 1 N–H and O–H groups in total. The van der Waals surface area contributed by atoms with Crippen molar-refractivity contribution in [2.75, 3.05) is 6.61 Å². The zero-order valence-corrected chi connectivity index (χ0v) is 11.9. The Labute approximate surface area is 127 Å². The fourth-order valence-electron chi connectivity index (χ4n) is 1.92. The molecule has 2 amide bonds. The van der Waals surface area contributed by atoms with E-state index in [4.69, 9.17) is 4.74 Å². The monoisotopic (exact) mass is 301 g/mol. The maximum Gasteiger partial charge on any atom is 0.413 e. The summed E-state index contributed by atoms with van der Waals surface area (Å²) < 4.78 is 18.3. The van der Waals surface area contributed by atoms with E-state index < -0.39 is 17.8 Å². The smallest absolute Gasteiger partial charge is 0.413 e. The second-order valence-electron chi connectivity index (χ2n) is 4.69. The normalized spacial score (nSPS) is 10.0. The average Bonchev–Trinajstić information content (AvgIpc) is 2.50. The lowest BCUT2D eigenvalue weighted by atomic mass is 10.1. The quantitative estimate of drug-likeness (QED) is 0.924. The summed E-state index contributed by atoms with van der Waals surface area (Å²) in [6.07, 6.45) is -0.465. The number of hydrogen-bond acceptors (Lipinski definition) is 3.